The van der Waals surface area contributed by atoms with Crippen molar-refractivity contribution in [1.29, 1.82) is 0 Å². The summed E-state index contributed by atoms with van der Waals surface area (Å²) >= 11 is 0. The zero-order valence-corrected chi connectivity index (χ0v) is 15.7. The van der Waals surface area contributed by atoms with Gasteiger partial charge in [-0.3, -0.25) is 5.10 Å². The normalized spacial score (nSPS) is 16.2. The van der Waals surface area contributed by atoms with Gasteiger partial charge in [0.05, 0.1) is 22.1 Å². The number of likely N-dealkylation sites (N-methyl/N-ethyl adjacent to an activating group) is 1. The molecule has 0 saturated carbocycles. The summed E-state index contributed by atoms with van der Waals surface area (Å²) in [6.45, 7) is 3.96. The fourth-order valence-corrected chi connectivity index (χ4v) is 3.74. The van der Waals surface area contributed by atoms with Gasteiger partial charge in [0.2, 0.25) is 0 Å². The first-order valence-electron chi connectivity index (χ1n) is 9.37. The number of anilines is 1. The highest BCUT2D eigenvalue weighted by atomic mass is 19.4. The van der Waals surface area contributed by atoms with Gasteiger partial charge >= 0.3 is 6.18 Å². The fourth-order valence-electron chi connectivity index (χ4n) is 3.74. The van der Waals surface area contributed by atoms with E-state index in [1.54, 1.807) is 0 Å². The third-order valence-electron chi connectivity index (χ3n) is 5.45. The van der Waals surface area contributed by atoms with E-state index >= 15 is 0 Å². The Morgan fingerprint density at radius 3 is 2.52 bits per heavy atom. The van der Waals surface area contributed by atoms with Crippen molar-refractivity contribution in [3.63, 3.8) is 0 Å². The Morgan fingerprint density at radius 1 is 0.966 bits per heavy atom. The molecule has 0 amide bonds. The molecule has 150 valence electrons. The molecule has 6 nitrogen and oxygen atoms in total. The Bertz CT molecular complexity index is 1180. The maximum Gasteiger partial charge on any atom is 0.416 e. The number of fused-ring (bicyclic) bond motifs is 2. The molecule has 1 fully saturated rings. The number of imidazole rings is 1. The van der Waals surface area contributed by atoms with Crippen LogP contribution < -0.4 is 4.90 Å². The molecule has 2 aromatic heterocycles. The zero-order chi connectivity index (χ0) is 20.2. The fraction of sp³-hybridized carbons (Fsp3) is 0.300. The maximum absolute atomic E-state index is 12.9. The molecule has 2 aromatic carbocycles. The Morgan fingerprint density at radius 2 is 1.76 bits per heavy atom. The van der Waals surface area contributed by atoms with Crippen LogP contribution in [0, 0.1) is 0 Å². The van der Waals surface area contributed by atoms with Crippen LogP contribution in [-0.2, 0) is 6.18 Å². The Labute approximate surface area is 164 Å². The van der Waals surface area contributed by atoms with E-state index in [-0.39, 0.29) is 0 Å². The number of aromatic nitrogens is 4. The topological polar surface area (TPSA) is 63.8 Å². The molecular formula is C20H19F3N6. The van der Waals surface area contributed by atoms with Crippen LogP contribution in [0.4, 0.5) is 18.9 Å². The summed E-state index contributed by atoms with van der Waals surface area (Å²) in [5.41, 5.74) is 2.91. The third kappa shape index (κ3) is 3.21. The second kappa shape index (κ2) is 6.48. The minimum Gasteiger partial charge on any atom is -0.369 e. The highest BCUT2D eigenvalue weighted by Crippen LogP contribution is 2.33. The first kappa shape index (κ1) is 18.0. The minimum absolute atomic E-state index is 0.327. The number of aromatic amines is 2. The van der Waals surface area contributed by atoms with E-state index in [0.717, 1.165) is 55.0 Å². The van der Waals surface area contributed by atoms with Crippen molar-refractivity contribution < 1.29 is 13.2 Å². The molecule has 0 radical (unpaired) electrons. The van der Waals surface area contributed by atoms with Gasteiger partial charge in [0.25, 0.3) is 0 Å². The van der Waals surface area contributed by atoms with E-state index in [1.807, 2.05) is 12.1 Å². The van der Waals surface area contributed by atoms with Crippen LogP contribution in [0.15, 0.2) is 36.4 Å². The largest absolute Gasteiger partial charge is 0.416 e. The summed E-state index contributed by atoms with van der Waals surface area (Å²) in [4.78, 5) is 12.5. The summed E-state index contributed by atoms with van der Waals surface area (Å²) in [5, 5.41) is 7.48. The van der Waals surface area contributed by atoms with E-state index in [2.05, 4.69) is 43.1 Å². The number of alkyl halides is 3. The number of H-pyrrole nitrogens is 2. The van der Waals surface area contributed by atoms with Crippen LogP contribution in [0.25, 0.3) is 33.5 Å². The lowest BCUT2D eigenvalue weighted by molar-refractivity contribution is -0.137. The van der Waals surface area contributed by atoms with Gasteiger partial charge in [0, 0.05) is 37.3 Å². The third-order valence-corrected chi connectivity index (χ3v) is 5.45. The average Bonchev–Trinajstić information content (AvgIpc) is 3.30. The predicted octanol–water partition coefficient (Wildman–Crippen LogP) is 3.88. The quantitative estimate of drug-likeness (QED) is 0.536. The molecule has 0 spiro atoms. The lowest BCUT2D eigenvalue weighted by Crippen LogP contribution is -2.44. The molecule has 1 saturated heterocycles. The van der Waals surface area contributed by atoms with Gasteiger partial charge in [0.15, 0.2) is 5.82 Å². The molecule has 1 aliphatic heterocycles. The number of hydrogen-bond donors (Lipinski definition) is 2. The van der Waals surface area contributed by atoms with E-state index in [4.69, 9.17) is 0 Å². The van der Waals surface area contributed by atoms with Gasteiger partial charge in [0.1, 0.15) is 5.69 Å². The highest BCUT2D eigenvalue weighted by molar-refractivity contribution is 5.93. The van der Waals surface area contributed by atoms with Gasteiger partial charge in [-0.2, -0.15) is 18.3 Å². The summed E-state index contributed by atoms with van der Waals surface area (Å²) < 4.78 is 38.8. The molecule has 9 heteroatoms. The van der Waals surface area contributed by atoms with Gasteiger partial charge in [-0.15, -0.1) is 0 Å². The zero-order valence-electron chi connectivity index (χ0n) is 15.7. The second-order valence-electron chi connectivity index (χ2n) is 7.41. The van der Waals surface area contributed by atoms with E-state index in [1.165, 1.54) is 6.07 Å². The first-order valence-corrected chi connectivity index (χ1v) is 9.37. The van der Waals surface area contributed by atoms with Crippen LogP contribution >= 0.6 is 0 Å². The van der Waals surface area contributed by atoms with Crippen molar-refractivity contribution in [3.8, 4) is 11.5 Å². The summed E-state index contributed by atoms with van der Waals surface area (Å²) in [6, 6.07) is 9.65. The predicted molar refractivity (Wildman–Crippen MR) is 106 cm³/mol. The van der Waals surface area contributed by atoms with E-state index in [9.17, 15) is 13.2 Å². The second-order valence-corrected chi connectivity index (χ2v) is 7.41. The monoisotopic (exact) mass is 400 g/mol. The molecule has 0 aliphatic carbocycles. The van der Waals surface area contributed by atoms with Crippen molar-refractivity contribution in [2.45, 2.75) is 6.18 Å². The van der Waals surface area contributed by atoms with Crippen LogP contribution in [0.1, 0.15) is 5.56 Å². The standard InChI is InChI=1S/C20H19F3N6/c1-28-6-8-29(9-7-28)13-3-5-15-17(11-13)25-19(24-15)18-14-4-2-12(20(21,22)23)10-16(14)26-27-18/h2-5,10-11H,6-9H2,1H3,(H,24,25)(H,26,27). The summed E-state index contributed by atoms with van der Waals surface area (Å²) in [5.74, 6) is 0.529. The smallest absolute Gasteiger partial charge is 0.369 e. The number of rotatable bonds is 2. The lowest BCUT2D eigenvalue weighted by Gasteiger charge is -2.34. The Kier molecular flexibility index (Phi) is 4.02. The number of benzene rings is 2. The molecule has 1 aliphatic rings. The summed E-state index contributed by atoms with van der Waals surface area (Å²) in [6.07, 6.45) is -4.39. The molecule has 3 heterocycles. The maximum atomic E-state index is 12.9. The number of piperazine rings is 1. The van der Waals surface area contributed by atoms with Gasteiger partial charge in [-0.25, -0.2) is 4.98 Å². The minimum atomic E-state index is -4.39. The molecule has 0 bridgehead atoms. The van der Waals surface area contributed by atoms with Crippen LogP contribution in [0.3, 0.4) is 0 Å². The first-order chi connectivity index (χ1) is 13.9. The molecule has 29 heavy (non-hydrogen) atoms. The van der Waals surface area contributed by atoms with Crippen molar-refractivity contribution >= 4 is 27.6 Å². The van der Waals surface area contributed by atoms with E-state index < -0.39 is 11.7 Å². The SMILES string of the molecule is CN1CCN(c2ccc3[nH]c(-c4n[nH]c5cc(C(F)(F)F)ccc45)nc3c2)CC1. The van der Waals surface area contributed by atoms with Gasteiger partial charge in [-0.05, 0) is 43.4 Å². The highest BCUT2D eigenvalue weighted by Gasteiger charge is 2.31. The van der Waals surface area contributed by atoms with Gasteiger partial charge < -0.3 is 14.8 Å². The van der Waals surface area contributed by atoms with E-state index in [0.29, 0.717) is 22.4 Å². The van der Waals surface area contributed by atoms with Crippen LogP contribution in [0.2, 0.25) is 0 Å². The molecule has 5 rings (SSSR count). The van der Waals surface area contributed by atoms with Crippen molar-refractivity contribution in [1.82, 2.24) is 25.1 Å². The number of nitrogens with zero attached hydrogens (tertiary/aromatic N) is 4. The van der Waals surface area contributed by atoms with Gasteiger partial charge in [-0.1, -0.05) is 0 Å². The molecule has 0 atom stereocenters. The van der Waals surface area contributed by atoms with Crippen LogP contribution in [-0.4, -0.2) is 58.3 Å². The molecular weight excluding hydrogens is 381 g/mol. The number of hydrogen-bond acceptors (Lipinski definition) is 4. The van der Waals surface area contributed by atoms with Crippen molar-refractivity contribution in [2.24, 2.45) is 0 Å². The van der Waals surface area contributed by atoms with Crippen molar-refractivity contribution in [2.75, 3.05) is 38.1 Å². The Hall–Kier alpha value is -3.07. The molecule has 0 unspecified atom stereocenters. The Balaban J connectivity index is 1.50. The average molecular weight is 400 g/mol. The molecule has 4 aromatic rings. The summed E-state index contributed by atoms with van der Waals surface area (Å²) in [7, 11) is 2.12. The van der Waals surface area contributed by atoms with Crippen LogP contribution in [0.5, 0.6) is 0 Å². The lowest BCUT2D eigenvalue weighted by atomic mass is 10.1. The molecule has 2 N–H and O–H groups in total. The number of halogens is 3. The van der Waals surface area contributed by atoms with Crippen molar-refractivity contribution in [3.05, 3.63) is 42.0 Å². The number of nitrogens with one attached hydrogen (secondary N) is 2.